The molecule has 0 radical (unpaired) electrons. The van der Waals surface area contributed by atoms with Gasteiger partial charge in [-0.15, -0.1) is 6.58 Å². The number of likely N-dealkylation sites (N-methyl/N-ethyl adjacent to an activating group) is 1. The number of aliphatic hydroxyl groups is 2. The molecule has 2 N–H and O–H groups in total. The smallest absolute Gasteiger partial charge is 0.329 e. The molecule has 0 spiro atoms. The van der Waals surface area contributed by atoms with Gasteiger partial charge in [0.05, 0.1) is 24.4 Å². The predicted molar refractivity (Wildman–Crippen MR) is 260 cm³/mol. The van der Waals surface area contributed by atoms with Crippen LogP contribution in [-0.2, 0) is 52.4 Å². The molecule has 0 aromatic heterocycles. The van der Waals surface area contributed by atoms with Crippen LogP contribution in [0, 0.1) is 29.6 Å². The van der Waals surface area contributed by atoms with Crippen LogP contribution in [0.15, 0.2) is 36.0 Å². The molecular weight excluding hydrogens is 887 g/mol. The Bertz CT molecular complexity index is 1820. The molecule has 4 aliphatic heterocycles. The van der Waals surface area contributed by atoms with Crippen LogP contribution >= 0.6 is 0 Å². The number of ether oxygens (including phenoxy) is 6. The first-order valence-electron chi connectivity index (χ1n) is 25.7. The third kappa shape index (κ3) is 14.9. The summed E-state index contributed by atoms with van der Waals surface area (Å²) in [6.07, 6.45) is 5.98. The number of carbonyl (C=O) groups excluding carboxylic acids is 5. The van der Waals surface area contributed by atoms with Crippen molar-refractivity contribution in [2.24, 2.45) is 29.6 Å². The first kappa shape index (κ1) is 56.6. The summed E-state index contributed by atoms with van der Waals surface area (Å²) in [7, 11) is 6.78. The molecule has 69 heavy (non-hydrogen) atoms. The van der Waals surface area contributed by atoms with E-state index in [0.29, 0.717) is 63.4 Å². The van der Waals surface area contributed by atoms with Crippen molar-refractivity contribution >= 4 is 29.4 Å². The SMILES string of the molecule is C=CCC1/C=C(\C)C[C@H](C)C[C@H](OC)[C@H]2O[C@@](O)(C(=O)C(=O)N3CCCCC3C(=O)O[C@H](/C(C)=C/[C@@H]3CC[C@@H](OC(=O)CCCN4CCN(C)CC4)[C@H](OC)C3)[C@H](C)[C@@H](O)CC1=O)[C@H](C)C[C@@H]2OC. The van der Waals surface area contributed by atoms with E-state index in [0.717, 1.165) is 44.7 Å². The quantitative estimate of drug-likeness (QED) is 0.147. The number of methoxy groups -OCH3 is 3. The number of allylic oxidation sites excluding steroid dienone is 4. The van der Waals surface area contributed by atoms with Gasteiger partial charge in [0.15, 0.2) is 0 Å². The van der Waals surface area contributed by atoms with Gasteiger partial charge in [0.1, 0.15) is 30.1 Å². The number of ketones is 2. The van der Waals surface area contributed by atoms with Gasteiger partial charge in [-0.25, -0.2) is 4.79 Å². The summed E-state index contributed by atoms with van der Waals surface area (Å²) in [6.45, 7) is 18.0. The molecule has 4 fully saturated rings. The Kier molecular flexibility index (Phi) is 21.6. The van der Waals surface area contributed by atoms with Gasteiger partial charge in [0.25, 0.3) is 11.7 Å². The van der Waals surface area contributed by atoms with Crippen molar-refractivity contribution in [2.45, 2.75) is 173 Å². The Hall–Kier alpha value is -3.35. The number of nitrogens with zero attached hydrogens (tertiary/aromatic N) is 3. The molecule has 1 saturated carbocycles. The number of hydrogen-bond donors (Lipinski definition) is 2. The van der Waals surface area contributed by atoms with Crippen LogP contribution in [0.3, 0.4) is 0 Å². The zero-order chi connectivity index (χ0) is 50.6. The summed E-state index contributed by atoms with van der Waals surface area (Å²) in [5.41, 5.74) is 1.59. The second kappa shape index (κ2) is 26.4. The minimum atomic E-state index is -2.53. The van der Waals surface area contributed by atoms with Crippen LogP contribution in [0.4, 0.5) is 0 Å². The Balaban J connectivity index is 1.41. The Morgan fingerprint density at radius 3 is 2.25 bits per heavy atom. The minimum Gasteiger partial charge on any atom is -0.460 e. The molecule has 2 bridgehead atoms. The summed E-state index contributed by atoms with van der Waals surface area (Å²) >= 11 is 0. The van der Waals surface area contributed by atoms with Crippen molar-refractivity contribution in [2.75, 3.05) is 67.6 Å². The zero-order valence-corrected chi connectivity index (χ0v) is 43.1. The number of cyclic esters (lactones) is 1. The average molecular weight is 972 g/mol. The lowest BCUT2D eigenvalue weighted by Gasteiger charge is -2.47. The summed E-state index contributed by atoms with van der Waals surface area (Å²) < 4.78 is 36.3. The molecule has 3 saturated heterocycles. The van der Waals surface area contributed by atoms with Gasteiger partial charge >= 0.3 is 11.9 Å². The number of carbonyl (C=O) groups is 5. The molecule has 5 rings (SSSR count). The largest absolute Gasteiger partial charge is 0.460 e. The number of rotatable bonds is 12. The molecule has 16 heteroatoms. The van der Waals surface area contributed by atoms with Crippen molar-refractivity contribution in [3.05, 3.63) is 36.0 Å². The second-order valence-corrected chi connectivity index (χ2v) is 21.0. The third-order valence-corrected chi connectivity index (χ3v) is 15.6. The molecule has 0 aromatic carbocycles. The normalized spacial score (nSPS) is 37.7. The van der Waals surface area contributed by atoms with E-state index in [9.17, 15) is 34.2 Å². The molecular formula is C53H85N3O13. The summed E-state index contributed by atoms with van der Waals surface area (Å²) in [5.74, 6) is -8.19. The molecule has 5 aliphatic rings. The van der Waals surface area contributed by atoms with Crippen LogP contribution < -0.4 is 0 Å². The number of amides is 1. The summed E-state index contributed by atoms with van der Waals surface area (Å²) in [6, 6.07) is -1.17. The minimum absolute atomic E-state index is 0.00409. The van der Waals surface area contributed by atoms with Gasteiger partial charge in [-0.2, -0.15) is 0 Å². The van der Waals surface area contributed by atoms with Crippen molar-refractivity contribution in [3.8, 4) is 0 Å². The van der Waals surface area contributed by atoms with Crippen LogP contribution in [0.25, 0.3) is 0 Å². The summed E-state index contributed by atoms with van der Waals surface area (Å²) in [4.78, 5) is 76.3. The lowest BCUT2D eigenvalue weighted by Crippen LogP contribution is -2.64. The molecule has 1 amide bonds. The lowest BCUT2D eigenvalue weighted by molar-refractivity contribution is -0.302. The molecule has 4 heterocycles. The van der Waals surface area contributed by atoms with E-state index in [1.807, 2.05) is 32.9 Å². The molecule has 1 aliphatic carbocycles. The van der Waals surface area contributed by atoms with Crippen molar-refractivity contribution in [1.82, 2.24) is 14.7 Å². The van der Waals surface area contributed by atoms with Crippen LogP contribution in [0.5, 0.6) is 0 Å². The van der Waals surface area contributed by atoms with Gasteiger partial charge in [-0.05, 0) is 115 Å². The van der Waals surface area contributed by atoms with E-state index in [2.05, 4.69) is 23.4 Å². The second-order valence-electron chi connectivity index (χ2n) is 21.0. The van der Waals surface area contributed by atoms with E-state index in [1.54, 1.807) is 27.0 Å². The van der Waals surface area contributed by atoms with Gasteiger partial charge in [0, 0.05) is 84.6 Å². The highest BCUT2D eigenvalue weighted by Gasteiger charge is 2.56. The highest BCUT2D eigenvalue weighted by Crippen LogP contribution is 2.39. The number of Topliss-reactive ketones (excluding diaryl/α,β-unsaturated/α-hetero) is 2. The van der Waals surface area contributed by atoms with Gasteiger partial charge in [0.2, 0.25) is 5.79 Å². The number of aliphatic hydroxyl groups excluding tert-OH is 1. The van der Waals surface area contributed by atoms with Crippen LogP contribution in [0.1, 0.15) is 118 Å². The molecule has 390 valence electrons. The maximum absolute atomic E-state index is 14.6. The maximum atomic E-state index is 14.6. The van der Waals surface area contributed by atoms with Gasteiger partial charge in [-0.3, -0.25) is 19.2 Å². The van der Waals surface area contributed by atoms with E-state index < -0.39 is 83.9 Å². The highest BCUT2D eigenvalue weighted by molar-refractivity contribution is 6.39. The first-order chi connectivity index (χ1) is 32.8. The Morgan fingerprint density at radius 1 is 0.899 bits per heavy atom. The molecule has 16 nitrogen and oxygen atoms in total. The number of hydrogen-bond acceptors (Lipinski definition) is 15. The van der Waals surface area contributed by atoms with E-state index >= 15 is 0 Å². The topological polar surface area (TPSA) is 191 Å². The average Bonchev–Trinajstić information content (AvgIpc) is 3.32. The first-order valence-corrected chi connectivity index (χ1v) is 25.7. The van der Waals surface area contributed by atoms with E-state index in [-0.39, 0.29) is 55.5 Å². The Morgan fingerprint density at radius 2 is 1.58 bits per heavy atom. The van der Waals surface area contributed by atoms with Gasteiger partial charge in [-0.1, -0.05) is 44.6 Å². The van der Waals surface area contributed by atoms with E-state index in [1.165, 1.54) is 19.1 Å². The van der Waals surface area contributed by atoms with Crippen LogP contribution in [0.2, 0.25) is 0 Å². The third-order valence-electron chi connectivity index (χ3n) is 15.6. The lowest BCUT2D eigenvalue weighted by atomic mass is 9.81. The predicted octanol–water partition coefficient (Wildman–Crippen LogP) is 5.22. The zero-order valence-electron chi connectivity index (χ0n) is 43.1. The highest BCUT2D eigenvalue weighted by atomic mass is 16.7. The maximum Gasteiger partial charge on any atom is 0.329 e. The van der Waals surface area contributed by atoms with Crippen LogP contribution in [-0.4, -0.2) is 177 Å². The standard InChI is InChI=1S/C53H85N3O13/c1-11-15-39-27-33(2)26-34(3)28-45(65-9)49-46(66-10)30-36(5)53(63,69-49)50(60)51(61)56-21-13-12-16-40(56)52(62)68-48(37(6)41(57)32-42(39)58)35(4)29-38-18-19-43(44(31-38)64-8)67-47(59)17-14-20-55-24-22-54(7)23-25-55/h11,27,29,34,36-41,43-46,48-49,57,63H,1,12-26,28,30-32H2,2-10H3/b33-27+,35-29+/t34-,36+,37+,38-,39?,40?,41-,43+,44+,45-,46-,48+,49+,53+/m0/s1. The number of piperazine rings is 1. The van der Waals surface area contributed by atoms with Crippen molar-refractivity contribution in [3.63, 3.8) is 0 Å². The fourth-order valence-electron chi connectivity index (χ4n) is 11.3. The molecule has 2 unspecified atom stereocenters. The molecule has 0 aromatic rings. The summed E-state index contributed by atoms with van der Waals surface area (Å²) in [5, 5.41) is 24.1. The van der Waals surface area contributed by atoms with E-state index in [4.69, 9.17) is 28.4 Å². The van der Waals surface area contributed by atoms with Gasteiger partial charge < -0.3 is 53.3 Å². The van der Waals surface area contributed by atoms with Crippen molar-refractivity contribution < 1.29 is 62.6 Å². The Labute approximate surface area is 411 Å². The number of piperidine rings is 1. The number of fused-ring (bicyclic) bond motifs is 3. The monoisotopic (exact) mass is 972 g/mol. The molecule has 14 atom stereocenters. The van der Waals surface area contributed by atoms with Crippen molar-refractivity contribution in [1.29, 1.82) is 0 Å². The number of esters is 2. The fourth-order valence-corrected chi connectivity index (χ4v) is 11.3. The fraction of sp³-hybridized carbons (Fsp3) is 0.792.